The van der Waals surface area contributed by atoms with E-state index in [-0.39, 0.29) is 12.8 Å². The second-order valence-electron chi connectivity index (χ2n) is 9.56. The lowest BCUT2D eigenvalue weighted by Crippen LogP contribution is -2.49. The fraction of sp³-hybridized carbons (Fsp3) is 0.152. The first-order valence-corrected chi connectivity index (χ1v) is 12.4. The highest BCUT2D eigenvalue weighted by Crippen LogP contribution is 2.53. The summed E-state index contributed by atoms with van der Waals surface area (Å²) in [7, 11) is 0. The predicted molar refractivity (Wildman–Crippen MR) is 145 cm³/mol. The van der Waals surface area contributed by atoms with Crippen LogP contribution in [0.3, 0.4) is 0 Å². The minimum atomic E-state index is -1.27. The molecule has 1 aliphatic rings. The summed E-state index contributed by atoms with van der Waals surface area (Å²) in [5.74, 6) is -4.02. The standard InChI is InChI=1S/C33H28O4/c34-31(35)28(21-23-11-4-1-5-12-23)33(29(32(36)37)22-24-13-6-2-7-14-24)20-19-26-17-10-18-27(30(26)33)25-15-8-3-9-16-25/h1-20,28-29H,21-22H2,(H,34,35)(H,36,37). The van der Waals surface area contributed by atoms with Gasteiger partial charge in [0.2, 0.25) is 0 Å². The average molecular weight is 489 g/mol. The van der Waals surface area contributed by atoms with Crippen molar-refractivity contribution in [2.75, 3.05) is 0 Å². The number of allylic oxidation sites excluding steroid dienone is 1. The van der Waals surface area contributed by atoms with E-state index < -0.39 is 29.2 Å². The molecule has 0 aliphatic heterocycles. The van der Waals surface area contributed by atoms with Gasteiger partial charge in [0.15, 0.2) is 0 Å². The quantitative estimate of drug-likeness (QED) is 0.282. The summed E-state index contributed by atoms with van der Waals surface area (Å²) < 4.78 is 0. The van der Waals surface area contributed by atoms with E-state index in [9.17, 15) is 19.8 Å². The second-order valence-corrected chi connectivity index (χ2v) is 9.56. The summed E-state index contributed by atoms with van der Waals surface area (Å²) in [6.45, 7) is 0. The van der Waals surface area contributed by atoms with Crippen LogP contribution in [0.15, 0.2) is 115 Å². The van der Waals surface area contributed by atoms with E-state index in [1.807, 2.05) is 121 Å². The molecule has 0 radical (unpaired) electrons. The van der Waals surface area contributed by atoms with Gasteiger partial charge in [-0.05, 0) is 46.2 Å². The molecule has 4 aromatic carbocycles. The molecule has 0 saturated carbocycles. The molecule has 0 saturated heterocycles. The molecular formula is C33H28O4. The minimum Gasteiger partial charge on any atom is -0.481 e. The number of carbonyl (C=O) groups is 2. The van der Waals surface area contributed by atoms with E-state index in [4.69, 9.17) is 0 Å². The van der Waals surface area contributed by atoms with Crippen LogP contribution >= 0.6 is 0 Å². The molecule has 1 aliphatic carbocycles. The summed E-state index contributed by atoms with van der Waals surface area (Å²) in [5, 5.41) is 21.4. The zero-order chi connectivity index (χ0) is 25.8. The highest BCUT2D eigenvalue weighted by Gasteiger charge is 2.54. The molecular weight excluding hydrogens is 460 g/mol. The van der Waals surface area contributed by atoms with Gasteiger partial charge in [0.25, 0.3) is 0 Å². The van der Waals surface area contributed by atoms with E-state index in [0.717, 1.165) is 33.4 Å². The minimum absolute atomic E-state index is 0.210. The number of fused-ring (bicyclic) bond motifs is 1. The van der Waals surface area contributed by atoms with Gasteiger partial charge >= 0.3 is 11.9 Å². The summed E-state index contributed by atoms with van der Waals surface area (Å²) in [4.78, 5) is 26.2. The number of aliphatic carboxylic acids is 2. The van der Waals surface area contributed by atoms with E-state index >= 15 is 0 Å². The van der Waals surface area contributed by atoms with Crippen LogP contribution in [-0.2, 0) is 27.8 Å². The zero-order valence-electron chi connectivity index (χ0n) is 20.3. The van der Waals surface area contributed by atoms with Gasteiger partial charge in [0.1, 0.15) is 0 Å². The number of benzene rings is 4. The van der Waals surface area contributed by atoms with Crippen molar-refractivity contribution >= 4 is 18.0 Å². The Balaban J connectivity index is 1.77. The molecule has 0 heterocycles. The van der Waals surface area contributed by atoms with Crippen molar-refractivity contribution in [3.63, 3.8) is 0 Å². The number of rotatable bonds is 9. The Morgan fingerprint density at radius 1 is 0.622 bits per heavy atom. The maximum atomic E-state index is 13.1. The van der Waals surface area contributed by atoms with Crippen molar-refractivity contribution in [1.29, 1.82) is 0 Å². The van der Waals surface area contributed by atoms with Gasteiger partial charge in [-0.3, -0.25) is 9.59 Å². The van der Waals surface area contributed by atoms with E-state index in [1.54, 1.807) is 0 Å². The molecule has 4 heteroatoms. The first-order chi connectivity index (χ1) is 18.0. The Bertz CT molecular complexity index is 1370. The molecule has 0 amide bonds. The number of hydrogen-bond donors (Lipinski definition) is 2. The molecule has 2 unspecified atom stereocenters. The smallest absolute Gasteiger partial charge is 0.308 e. The summed E-state index contributed by atoms with van der Waals surface area (Å²) >= 11 is 0. The summed E-state index contributed by atoms with van der Waals surface area (Å²) in [6.07, 6.45) is 4.18. The Morgan fingerprint density at radius 3 is 1.59 bits per heavy atom. The zero-order valence-corrected chi connectivity index (χ0v) is 20.3. The predicted octanol–water partition coefficient (Wildman–Crippen LogP) is 6.51. The topological polar surface area (TPSA) is 74.6 Å². The first kappa shape index (κ1) is 24.3. The van der Waals surface area contributed by atoms with Crippen LogP contribution in [0.5, 0.6) is 0 Å². The molecule has 0 fully saturated rings. The van der Waals surface area contributed by atoms with Crippen LogP contribution in [-0.4, -0.2) is 22.2 Å². The normalized spacial score (nSPS) is 17.6. The van der Waals surface area contributed by atoms with Crippen molar-refractivity contribution in [3.05, 3.63) is 138 Å². The maximum absolute atomic E-state index is 13.1. The number of hydrogen-bond acceptors (Lipinski definition) is 2. The van der Waals surface area contributed by atoms with Gasteiger partial charge in [-0.2, -0.15) is 0 Å². The lowest BCUT2D eigenvalue weighted by Gasteiger charge is -2.41. The molecule has 37 heavy (non-hydrogen) atoms. The molecule has 2 atom stereocenters. The summed E-state index contributed by atoms with van der Waals surface area (Å²) in [6, 6.07) is 34.6. The monoisotopic (exact) mass is 488 g/mol. The van der Waals surface area contributed by atoms with Crippen LogP contribution in [0.4, 0.5) is 0 Å². The fourth-order valence-electron chi connectivity index (χ4n) is 5.81. The first-order valence-electron chi connectivity index (χ1n) is 12.4. The molecule has 4 nitrogen and oxygen atoms in total. The van der Waals surface area contributed by atoms with Crippen molar-refractivity contribution in [1.82, 2.24) is 0 Å². The molecule has 4 aromatic rings. The van der Waals surface area contributed by atoms with Crippen LogP contribution in [0.25, 0.3) is 17.2 Å². The van der Waals surface area contributed by atoms with Gasteiger partial charge < -0.3 is 10.2 Å². The fourth-order valence-corrected chi connectivity index (χ4v) is 5.81. The molecule has 0 aromatic heterocycles. The Kier molecular flexibility index (Phi) is 6.74. The third kappa shape index (κ3) is 4.58. The molecule has 5 rings (SSSR count). The Labute approximate surface area is 216 Å². The molecule has 2 N–H and O–H groups in total. The van der Waals surface area contributed by atoms with Crippen molar-refractivity contribution in [2.45, 2.75) is 18.3 Å². The number of carboxylic acids is 2. The van der Waals surface area contributed by atoms with E-state index in [2.05, 4.69) is 0 Å². The van der Waals surface area contributed by atoms with Crippen LogP contribution in [0, 0.1) is 11.8 Å². The van der Waals surface area contributed by atoms with Crippen LogP contribution in [0.1, 0.15) is 22.3 Å². The van der Waals surface area contributed by atoms with Crippen molar-refractivity contribution in [3.8, 4) is 11.1 Å². The molecule has 0 bridgehead atoms. The van der Waals surface area contributed by atoms with Crippen LogP contribution in [0.2, 0.25) is 0 Å². The third-order valence-electron chi connectivity index (χ3n) is 7.47. The Morgan fingerprint density at radius 2 is 1.11 bits per heavy atom. The van der Waals surface area contributed by atoms with Crippen LogP contribution < -0.4 is 0 Å². The van der Waals surface area contributed by atoms with Gasteiger partial charge in [-0.1, -0.05) is 121 Å². The maximum Gasteiger partial charge on any atom is 0.308 e. The molecule has 184 valence electrons. The van der Waals surface area contributed by atoms with Gasteiger partial charge in [0.05, 0.1) is 11.8 Å². The van der Waals surface area contributed by atoms with Gasteiger partial charge in [0, 0.05) is 5.41 Å². The van der Waals surface area contributed by atoms with E-state index in [0.29, 0.717) is 0 Å². The van der Waals surface area contributed by atoms with Crippen molar-refractivity contribution < 1.29 is 19.8 Å². The SMILES string of the molecule is O=C(O)C(Cc1ccccc1)C1(C(Cc2ccccc2)C(=O)O)C=Cc2cccc(-c3ccccc3)c21. The van der Waals surface area contributed by atoms with E-state index in [1.165, 1.54) is 0 Å². The largest absolute Gasteiger partial charge is 0.481 e. The lowest BCUT2D eigenvalue weighted by molar-refractivity contribution is -0.149. The average Bonchev–Trinajstić information content (AvgIpc) is 3.32. The summed E-state index contributed by atoms with van der Waals surface area (Å²) in [5.41, 5.74) is 3.87. The third-order valence-corrected chi connectivity index (χ3v) is 7.47. The second kappa shape index (κ2) is 10.3. The highest BCUT2D eigenvalue weighted by atomic mass is 16.4. The number of carboxylic acid groups (broad SMARTS) is 2. The van der Waals surface area contributed by atoms with Gasteiger partial charge in [-0.25, -0.2) is 0 Å². The lowest BCUT2D eigenvalue weighted by atomic mass is 9.59. The van der Waals surface area contributed by atoms with Gasteiger partial charge in [-0.15, -0.1) is 0 Å². The molecule has 0 spiro atoms. The Hall–Kier alpha value is -4.44. The highest BCUT2D eigenvalue weighted by molar-refractivity contribution is 5.88. The van der Waals surface area contributed by atoms with Crippen molar-refractivity contribution in [2.24, 2.45) is 11.8 Å².